The van der Waals surface area contributed by atoms with Gasteiger partial charge in [-0.3, -0.25) is 0 Å². The van der Waals surface area contributed by atoms with Crippen LogP contribution in [-0.4, -0.2) is 23.9 Å². The van der Waals surface area contributed by atoms with E-state index in [1.165, 1.54) is 19.5 Å². The maximum atomic E-state index is 8.49. The molecule has 0 aromatic carbocycles. The summed E-state index contributed by atoms with van der Waals surface area (Å²) in [6, 6.07) is 0. The van der Waals surface area contributed by atoms with Crippen LogP contribution in [0.5, 0.6) is 0 Å². The van der Waals surface area contributed by atoms with Gasteiger partial charge in [-0.05, 0) is 13.3 Å². The summed E-state index contributed by atoms with van der Waals surface area (Å²) in [6.07, 6.45) is 3.75. The summed E-state index contributed by atoms with van der Waals surface area (Å²) >= 11 is 0. The second kappa shape index (κ2) is 6.40. The maximum Gasteiger partial charge on any atom is 0.145 e. The van der Waals surface area contributed by atoms with Crippen LogP contribution in [0.1, 0.15) is 27.2 Å². The lowest BCUT2D eigenvalue weighted by molar-refractivity contribution is -2.00. The molecule has 2 atom stereocenters. The molecule has 0 bridgehead atoms. The van der Waals surface area contributed by atoms with Crippen molar-refractivity contribution in [3.8, 4) is 0 Å². The first kappa shape index (κ1) is 14.8. The zero-order valence-corrected chi connectivity index (χ0v) is 10.1. The molecule has 5 nitrogen and oxygen atoms in total. The van der Waals surface area contributed by atoms with E-state index in [1.807, 2.05) is 0 Å². The highest BCUT2D eigenvalue weighted by atomic mass is 35.7. The summed E-state index contributed by atoms with van der Waals surface area (Å²) in [6.45, 7) is 9.31. The third-order valence-electron chi connectivity index (χ3n) is 2.19. The van der Waals surface area contributed by atoms with Gasteiger partial charge in [-0.1, -0.05) is 13.8 Å². The Bertz CT molecular complexity index is 209. The van der Waals surface area contributed by atoms with Gasteiger partial charge >= 0.3 is 0 Å². The number of hydrogen-bond acceptors (Lipinski definition) is 4. The van der Waals surface area contributed by atoms with Crippen molar-refractivity contribution < 1.29 is 33.5 Å². The predicted molar refractivity (Wildman–Crippen MR) is 44.7 cm³/mol. The Morgan fingerprint density at radius 3 is 2.07 bits per heavy atom. The van der Waals surface area contributed by atoms with Gasteiger partial charge in [-0.2, -0.15) is 0 Å². The van der Waals surface area contributed by atoms with Crippen molar-refractivity contribution in [3.63, 3.8) is 0 Å². The van der Waals surface area contributed by atoms with E-state index in [2.05, 4.69) is 31.6 Å². The smallest absolute Gasteiger partial charge is 0.145 e. The number of rotatable bonds is 1. The fourth-order valence-electron chi connectivity index (χ4n) is 1.83. The van der Waals surface area contributed by atoms with Crippen LogP contribution in [0, 0.1) is 22.1 Å². The molecule has 2 unspecified atom stereocenters. The second-order valence-corrected chi connectivity index (χ2v) is 4.69. The van der Waals surface area contributed by atoms with Gasteiger partial charge in [-0.15, -0.1) is 10.2 Å². The number of halogens is 1. The van der Waals surface area contributed by atoms with Gasteiger partial charge in [0.1, 0.15) is 19.3 Å². The van der Waals surface area contributed by atoms with E-state index in [0.717, 1.165) is 11.8 Å². The Labute approximate surface area is 92.4 Å². The van der Waals surface area contributed by atoms with E-state index in [0.29, 0.717) is 0 Å². The van der Waals surface area contributed by atoms with Gasteiger partial charge in [-0.25, -0.2) is 23.2 Å². The fourth-order valence-corrected chi connectivity index (χ4v) is 1.83. The predicted octanol–water partition coefficient (Wildman–Crippen LogP) is -2.99. The summed E-state index contributed by atoms with van der Waals surface area (Å²) in [5.41, 5.74) is 0. The summed E-state index contributed by atoms with van der Waals surface area (Å²) < 4.78 is 36.4. The number of hydrogen-bond donors (Lipinski definition) is 0. The van der Waals surface area contributed by atoms with Gasteiger partial charge in [0, 0.05) is 11.8 Å². The summed E-state index contributed by atoms with van der Waals surface area (Å²) in [5, 5.41) is 0. The van der Waals surface area contributed by atoms with Crippen LogP contribution in [0.25, 0.3) is 0 Å². The maximum absolute atomic E-state index is 8.49. The van der Waals surface area contributed by atoms with Crippen molar-refractivity contribution in [1.29, 1.82) is 0 Å². The van der Waals surface area contributed by atoms with Crippen LogP contribution in [0.15, 0.2) is 0 Å². The van der Waals surface area contributed by atoms with Crippen LogP contribution in [0.3, 0.4) is 0 Å². The van der Waals surface area contributed by atoms with Crippen molar-refractivity contribution in [1.82, 2.24) is 0 Å². The first-order valence-electron chi connectivity index (χ1n) is 4.93. The SMILES string of the molecule is CC[N+]1=CC(C)CC(C)C1.[O-][Cl+3]([O-])([O-])[O-]. The second-order valence-electron chi connectivity index (χ2n) is 3.93. The zero-order chi connectivity index (χ0) is 12.1. The van der Waals surface area contributed by atoms with Gasteiger partial charge in [0.2, 0.25) is 0 Å². The summed E-state index contributed by atoms with van der Waals surface area (Å²) in [7, 11) is -4.94. The van der Waals surface area contributed by atoms with E-state index in [-0.39, 0.29) is 0 Å². The van der Waals surface area contributed by atoms with Crippen molar-refractivity contribution in [2.24, 2.45) is 11.8 Å². The molecule has 0 radical (unpaired) electrons. The third-order valence-corrected chi connectivity index (χ3v) is 2.19. The molecular weight excluding hydrogens is 222 g/mol. The van der Waals surface area contributed by atoms with E-state index >= 15 is 0 Å². The Morgan fingerprint density at radius 1 is 1.27 bits per heavy atom. The van der Waals surface area contributed by atoms with Crippen LogP contribution in [0.4, 0.5) is 0 Å². The third kappa shape index (κ3) is 10.1. The molecule has 1 aliphatic heterocycles. The first-order valence-corrected chi connectivity index (χ1v) is 6.16. The summed E-state index contributed by atoms with van der Waals surface area (Å²) in [5.74, 6) is 1.68. The molecule has 0 saturated carbocycles. The molecule has 0 saturated heterocycles. The van der Waals surface area contributed by atoms with E-state index in [1.54, 1.807) is 0 Å². The van der Waals surface area contributed by atoms with Gasteiger partial charge in [0.25, 0.3) is 0 Å². The van der Waals surface area contributed by atoms with Crippen molar-refractivity contribution in [2.45, 2.75) is 27.2 Å². The quantitative estimate of drug-likeness (QED) is 0.456. The zero-order valence-electron chi connectivity index (χ0n) is 9.31. The Morgan fingerprint density at radius 2 is 1.73 bits per heavy atom. The molecule has 0 aliphatic carbocycles. The largest absolute Gasteiger partial charge is 0.239 e. The Balaban J connectivity index is 0.000000336. The van der Waals surface area contributed by atoms with Crippen molar-refractivity contribution >= 4 is 6.21 Å². The molecule has 0 aromatic rings. The normalized spacial score (nSPS) is 26.5. The highest BCUT2D eigenvalue weighted by Crippen LogP contribution is 2.14. The molecule has 1 heterocycles. The monoisotopic (exact) mass is 239 g/mol. The lowest BCUT2D eigenvalue weighted by atomic mass is 9.95. The highest BCUT2D eigenvalue weighted by molar-refractivity contribution is 5.54. The standard InChI is InChI=1S/C9H18N.ClHO4/c1-4-10-6-8(2)5-9(3)7-10;2-1(3,4)5/h6,8-9H,4-5,7H2,1-3H3;(H,2,3,4,5)/q+1;/p-1. The molecule has 1 aliphatic rings. The molecule has 90 valence electrons. The summed E-state index contributed by atoms with van der Waals surface area (Å²) in [4.78, 5) is 0. The Hall–Kier alpha value is -0.200. The van der Waals surface area contributed by atoms with E-state index in [9.17, 15) is 0 Å². The topological polar surface area (TPSA) is 95.2 Å². The Kier molecular flexibility index (Phi) is 6.31. The van der Waals surface area contributed by atoms with Gasteiger partial charge in [0.15, 0.2) is 0 Å². The van der Waals surface area contributed by atoms with Crippen LogP contribution in [-0.2, 0) is 0 Å². The molecule has 6 heteroatoms. The minimum atomic E-state index is -4.94. The number of nitrogens with zero attached hydrogens (tertiary/aromatic N) is 1. The van der Waals surface area contributed by atoms with Gasteiger partial charge in [0.05, 0.1) is 0 Å². The van der Waals surface area contributed by atoms with Gasteiger partial charge < -0.3 is 0 Å². The average molecular weight is 240 g/mol. The van der Waals surface area contributed by atoms with Crippen LogP contribution in [0.2, 0.25) is 0 Å². The highest BCUT2D eigenvalue weighted by Gasteiger charge is 2.19. The fraction of sp³-hybridized carbons (Fsp3) is 0.889. The van der Waals surface area contributed by atoms with E-state index < -0.39 is 10.2 Å². The molecule has 0 N–H and O–H groups in total. The molecule has 15 heavy (non-hydrogen) atoms. The first-order chi connectivity index (χ1) is 6.72. The molecule has 0 aromatic heterocycles. The van der Waals surface area contributed by atoms with Crippen molar-refractivity contribution in [2.75, 3.05) is 13.1 Å². The minimum Gasteiger partial charge on any atom is -0.239 e. The molecule has 0 amide bonds. The van der Waals surface area contributed by atoms with E-state index in [4.69, 9.17) is 18.6 Å². The van der Waals surface area contributed by atoms with Crippen LogP contribution >= 0.6 is 0 Å². The minimum absolute atomic E-state index is 0.795. The molecule has 0 spiro atoms. The molecule has 1 rings (SSSR count). The lowest BCUT2D eigenvalue weighted by Gasteiger charge is -2.17. The van der Waals surface area contributed by atoms with Crippen molar-refractivity contribution in [3.05, 3.63) is 0 Å². The molecule has 0 fully saturated rings. The average Bonchev–Trinajstić information content (AvgIpc) is 1.99. The van der Waals surface area contributed by atoms with Crippen LogP contribution < -0.4 is 18.6 Å². The lowest BCUT2D eigenvalue weighted by Crippen LogP contribution is -2.68. The molecular formula is C9H18ClNO4.